The minimum Gasteiger partial charge on any atom is -0.387 e. The number of aliphatic hydroxyl groups is 1. The van der Waals surface area contributed by atoms with Crippen LogP contribution in [0.2, 0.25) is 0 Å². The van der Waals surface area contributed by atoms with Gasteiger partial charge in [-0.05, 0) is 26.2 Å². The molecule has 1 aromatic rings. The fraction of sp³-hybridized carbons (Fsp3) is 0.769. The van der Waals surface area contributed by atoms with Crippen molar-refractivity contribution in [3.63, 3.8) is 0 Å². The van der Waals surface area contributed by atoms with Gasteiger partial charge in [-0.3, -0.25) is 0 Å². The summed E-state index contributed by atoms with van der Waals surface area (Å²) in [4.78, 5) is 6.77. The average Bonchev–Trinajstić information content (AvgIpc) is 2.86. The van der Waals surface area contributed by atoms with Crippen LogP contribution in [0.3, 0.4) is 0 Å². The van der Waals surface area contributed by atoms with Crippen LogP contribution < -0.4 is 4.90 Å². The zero-order valence-corrected chi connectivity index (χ0v) is 11.9. The summed E-state index contributed by atoms with van der Waals surface area (Å²) in [5, 5.41) is 12.5. The van der Waals surface area contributed by atoms with Gasteiger partial charge in [0, 0.05) is 25.1 Å². The molecule has 2 heterocycles. The van der Waals surface area contributed by atoms with Crippen molar-refractivity contribution in [2.24, 2.45) is 0 Å². The molecule has 5 heteroatoms. The molecular formula is C13H22N2O2S. The van der Waals surface area contributed by atoms with Crippen molar-refractivity contribution < 1.29 is 9.84 Å². The lowest BCUT2D eigenvalue weighted by Crippen LogP contribution is -2.39. The summed E-state index contributed by atoms with van der Waals surface area (Å²) in [7, 11) is 0. The normalized spacial score (nSPS) is 22.2. The van der Waals surface area contributed by atoms with Gasteiger partial charge in [-0.1, -0.05) is 6.92 Å². The Morgan fingerprint density at radius 1 is 1.67 bits per heavy atom. The van der Waals surface area contributed by atoms with Crippen LogP contribution in [0.4, 0.5) is 5.13 Å². The highest BCUT2D eigenvalue weighted by Crippen LogP contribution is 2.27. The molecule has 1 aromatic heterocycles. The number of piperidine rings is 1. The van der Waals surface area contributed by atoms with Gasteiger partial charge in [0.2, 0.25) is 0 Å². The molecular weight excluding hydrogens is 248 g/mol. The molecule has 0 bridgehead atoms. The highest BCUT2D eigenvalue weighted by molar-refractivity contribution is 7.13. The predicted octanol–water partition coefficient (Wildman–Crippen LogP) is 2.59. The molecule has 102 valence electrons. The molecule has 0 saturated carbocycles. The van der Waals surface area contributed by atoms with Gasteiger partial charge in [-0.2, -0.15) is 0 Å². The van der Waals surface area contributed by atoms with Crippen LogP contribution in [-0.2, 0) is 4.74 Å². The quantitative estimate of drug-likeness (QED) is 0.893. The number of rotatable bonds is 5. The van der Waals surface area contributed by atoms with Crippen LogP contribution in [-0.4, -0.2) is 35.9 Å². The van der Waals surface area contributed by atoms with Crippen molar-refractivity contribution in [2.75, 3.05) is 24.6 Å². The maximum absolute atomic E-state index is 9.50. The second kappa shape index (κ2) is 6.50. The first-order valence-electron chi connectivity index (χ1n) is 6.70. The Balaban J connectivity index is 1.94. The molecule has 18 heavy (non-hydrogen) atoms. The number of aliphatic hydroxyl groups excluding tert-OH is 1. The van der Waals surface area contributed by atoms with Crippen LogP contribution in [0.25, 0.3) is 0 Å². The van der Waals surface area contributed by atoms with E-state index in [0.29, 0.717) is 6.10 Å². The predicted molar refractivity (Wildman–Crippen MR) is 74.2 cm³/mol. The van der Waals surface area contributed by atoms with Gasteiger partial charge in [0.25, 0.3) is 0 Å². The topological polar surface area (TPSA) is 45.6 Å². The number of thiazole rings is 1. The monoisotopic (exact) mass is 270 g/mol. The molecule has 1 fully saturated rings. The van der Waals surface area contributed by atoms with Crippen molar-refractivity contribution in [1.82, 2.24) is 4.98 Å². The minimum atomic E-state index is -0.480. The van der Waals surface area contributed by atoms with Crippen molar-refractivity contribution >= 4 is 16.5 Å². The van der Waals surface area contributed by atoms with Gasteiger partial charge in [0.05, 0.1) is 17.9 Å². The number of hydrogen-bond acceptors (Lipinski definition) is 5. The van der Waals surface area contributed by atoms with Gasteiger partial charge in [-0.15, -0.1) is 11.3 Å². The Morgan fingerprint density at radius 2 is 2.50 bits per heavy atom. The molecule has 1 N–H and O–H groups in total. The fourth-order valence-corrected chi connectivity index (χ4v) is 3.09. The minimum absolute atomic E-state index is 0.331. The van der Waals surface area contributed by atoms with Crippen molar-refractivity contribution in [1.29, 1.82) is 0 Å². The maximum Gasteiger partial charge on any atom is 0.185 e. The first-order chi connectivity index (χ1) is 8.70. The lowest BCUT2D eigenvalue weighted by molar-refractivity contribution is 0.0440. The molecule has 0 radical (unpaired) electrons. The number of ether oxygens (including phenoxy) is 1. The standard InChI is InChI=1S/C13H22N2O2S/c1-3-7-17-11-5-4-6-15(8-11)13-14-12(9-18-13)10(2)16/h9-11,16H,3-8H2,1-2H3. The van der Waals surface area contributed by atoms with E-state index in [1.165, 1.54) is 0 Å². The Labute approximate surface area is 113 Å². The first kappa shape index (κ1) is 13.8. The van der Waals surface area contributed by atoms with E-state index in [1.807, 2.05) is 5.38 Å². The number of anilines is 1. The summed E-state index contributed by atoms with van der Waals surface area (Å²) < 4.78 is 5.82. The Hall–Kier alpha value is -0.650. The van der Waals surface area contributed by atoms with E-state index in [1.54, 1.807) is 18.3 Å². The molecule has 1 aliphatic heterocycles. The summed E-state index contributed by atoms with van der Waals surface area (Å²) >= 11 is 1.61. The van der Waals surface area contributed by atoms with Crippen molar-refractivity contribution in [3.8, 4) is 0 Å². The van der Waals surface area contributed by atoms with Crippen LogP contribution in [0.1, 0.15) is 44.9 Å². The van der Waals surface area contributed by atoms with Crippen LogP contribution in [0.5, 0.6) is 0 Å². The molecule has 1 aliphatic rings. The van der Waals surface area contributed by atoms with Crippen LogP contribution in [0.15, 0.2) is 5.38 Å². The molecule has 0 aromatic carbocycles. The van der Waals surface area contributed by atoms with E-state index in [2.05, 4.69) is 16.8 Å². The lowest BCUT2D eigenvalue weighted by Gasteiger charge is -2.32. The number of hydrogen-bond donors (Lipinski definition) is 1. The largest absolute Gasteiger partial charge is 0.387 e. The van der Waals surface area contributed by atoms with Gasteiger partial charge < -0.3 is 14.7 Å². The number of nitrogens with zero attached hydrogens (tertiary/aromatic N) is 2. The van der Waals surface area contributed by atoms with E-state index in [9.17, 15) is 5.11 Å². The van der Waals surface area contributed by atoms with Gasteiger partial charge in [0.1, 0.15) is 0 Å². The maximum atomic E-state index is 9.50. The molecule has 2 unspecified atom stereocenters. The van der Waals surface area contributed by atoms with Crippen LogP contribution in [0, 0.1) is 0 Å². The molecule has 2 atom stereocenters. The highest BCUT2D eigenvalue weighted by Gasteiger charge is 2.22. The number of aromatic nitrogens is 1. The fourth-order valence-electron chi connectivity index (χ4n) is 2.15. The molecule has 0 aliphatic carbocycles. The Bertz CT molecular complexity index is 368. The molecule has 0 spiro atoms. The molecule has 1 saturated heterocycles. The van der Waals surface area contributed by atoms with E-state index < -0.39 is 6.10 Å². The van der Waals surface area contributed by atoms with E-state index >= 15 is 0 Å². The molecule has 4 nitrogen and oxygen atoms in total. The van der Waals surface area contributed by atoms with Gasteiger partial charge in [-0.25, -0.2) is 4.98 Å². The van der Waals surface area contributed by atoms with Gasteiger partial charge >= 0.3 is 0 Å². The zero-order valence-electron chi connectivity index (χ0n) is 11.1. The van der Waals surface area contributed by atoms with E-state index in [0.717, 1.165) is 49.8 Å². The van der Waals surface area contributed by atoms with Gasteiger partial charge in [0.15, 0.2) is 5.13 Å². The van der Waals surface area contributed by atoms with E-state index in [-0.39, 0.29) is 0 Å². The third-order valence-corrected chi connectivity index (χ3v) is 4.06. The zero-order chi connectivity index (χ0) is 13.0. The third kappa shape index (κ3) is 3.43. The molecule has 2 rings (SSSR count). The Morgan fingerprint density at radius 3 is 3.17 bits per heavy atom. The summed E-state index contributed by atoms with van der Waals surface area (Å²) in [6.45, 7) is 6.69. The summed E-state index contributed by atoms with van der Waals surface area (Å²) in [6.07, 6.45) is 3.22. The smallest absolute Gasteiger partial charge is 0.185 e. The average molecular weight is 270 g/mol. The Kier molecular flexibility index (Phi) is 4.97. The van der Waals surface area contributed by atoms with E-state index in [4.69, 9.17) is 4.74 Å². The molecule has 0 amide bonds. The van der Waals surface area contributed by atoms with Crippen LogP contribution >= 0.6 is 11.3 Å². The SMILES string of the molecule is CCCOC1CCCN(c2nc(C(C)O)cs2)C1. The summed E-state index contributed by atoms with van der Waals surface area (Å²) in [5.74, 6) is 0. The second-order valence-electron chi connectivity index (χ2n) is 4.81. The third-order valence-electron chi connectivity index (χ3n) is 3.14. The van der Waals surface area contributed by atoms with Crippen molar-refractivity contribution in [2.45, 2.75) is 45.3 Å². The summed E-state index contributed by atoms with van der Waals surface area (Å²) in [6, 6.07) is 0. The lowest BCUT2D eigenvalue weighted by atomic mass is 10.1. The highest BCUT2D eigenvalue weighted by atomic mass is 32.1. The summed E-state index contributed by atoms with van der Waals surface area (Å²) in [5.41, 5.74) is 0.770. The van der Waals surface area contributed by atoms with Crippen molar-refractivity contribution in [3.05, 3.63) is 11.1 Å². The first-order valence-corrected chi connectivity index (χ1v) is 7.58. The second-order valence-corrected chi connectivity index (χ2v) is 5.65.